The smallest absolute Gasteiger partial charge is 0.261 e. The first-order valence-electron chi connectivity index (χ1n) is 12.0. The van der Waals surface area contributed by atoms with Crippen LogP contribution in [0.3, 0.4) is 0 Å². The lowest BCUT2D eigenvalue weighted by Crippen LogP contribution is -2.68. The van der Waals surface area contributed by atoms with Crippen molar-refractivity contribution in [2.75, 3.05) is 13.2 Å². The molecule has 174 valence electrons. The first-order valence-corrected chi connectivity index (χ1v) is 13.9. The Morgan fingerprint density at radius 3 is 1.97 bits per heavy atom. The molecule has 4 rings (SSSR count). The van der Waals surface area contributed by atoms with Crippen molar-refractivity contribution in [1.29, 1.82) is 0 Å². The molecule has 0 aromatic heterocycles. The summed E-state index contributed by atoms with van der Waals surface area (Å²) in [4.78, 5) is 0. The van der Waals surface area contributed by atoms with Crippen LogP contribution in [0.15, 0.2) is 84.9 Å². The molecule has 4 heteroatoms. The second-order valence-corrected chi connectivity index (χ2v) is 14.3. The summed E-state index contributed by atoms with van der Waals surface area (Å²) in [5.41, 5.74) is 1.23. The molecule has 0 spiro atoms. The van der Waals surface area contributed by atoms with Gasteiger partial charge in [-0.25, -0.2) is 0 Å². The van der Waals surface area contributed by atoms with Crippen molar-refractivity contribution in [3.8, 4) is 5.75 Å². The second-order valence-electron chi connectivity index (χ2n) is 10.0. The lowest BCUT2D eigenvalue weighted by molar-refractivity contribution is -0.0552. The van der Waals surface area contributed by atoms with E-state index in [4.69, 9.17) is 13.9 Å². The SMILES string of the molecule is Cc1ccc(OC[C@@H]2C[C@H](O[Si](c3ccccc3)(c3ccccc3)C(C)(C)C)CCO2)cc1. The quantitative estimate of drug-likeness (QED) is 0.436. The largest absolute Gasteiger partial charge is 0.491 e. The van der Waals surface area contributed by atoms with Gasteiger partial charge in [-0.1, -0.05) is 99.1 Å². The van der Waals surface area contributed by atoms with Crippen molar-refractivity contribution in [3.05, 3.63) is 90.5 Å². The Morgan fingerprint density at radius 2 is 1.42 bits per heavy atom. The molecule has 1 saturated heterocycles. The van der Waals surface area contributed by atoms with Gasteiger partial charge < -0.3 is 13.9 Å². The van der Waals surface area contributed by atoms with Crippen LogP contribution in [0.4, 0.5) is 0 Å². The first kappa shape index (κ1) is 23.7. The minimum Gasteiger partial charge on any atom is -0.491 e. The Morgan fingerprint density at radius 1 is 0.848 bits per heavy atom. The molecule has 1 fully saturated rings. The van der Waals surface area contributed by atoms with E-state index in [2.05, 4.69) is 100 Å². The summed E-state index contributed by atoms with van der Waals surface area (Å²) in [6.45, 7) is 10.3. The van der Waals surface area contributed by atoms with E-state index in [1.54, 1.807) is 0 Å². The lowest BCUT2D eigenvalue weighted by Gasteiger charge is -2.46. The zero-order chi connectivity index (χ0) is 23.3. The Balaban J connectivity index is 1.57. The number of aryl methyl sites for hydroxylation is 1. The molecule has 0 N–H and O–H groups in total. The summed E-state index contributed by atoms with van der Waals surface area (Å²) >= 11 is 0. The topological polar surface area (TPSA) is 27.7 Å². The van der Waals surface area contributed by atoms with E-state index < -0.39 is 8.32 Å². The van der Waals surface area contributed by atoms with Gasteiger partial charge in [0, 0.05) is 13.0 Å². The maximum Gasteiger partial charge on any atom is 0.261 e. The molecule has 0 unspecified atom stereocenters. The van der Waals surface area contributed by atoms with E-state index in [-0.39, 0.29) is 17.2 Å². The van der Waals surface area contributed by atoms with E-state index in [9.17, 15) is 0 Å². The van der Waals surface area contributed by atoms with Gasteiger partial charge in [0.15, 0.2) is 0 Å². The van der Waals surface area contributed by atoms with Crippen LogP contribution >= 0.6 is 0 Å². The molecule has 3 aromatic carbocycles. The molecular formula is C29H36O3Si. The fourth-order valence-electron chi connectivity index (χ4n) is 4.83. The van der Waals surface area contributed by atoms with Gasteiger partial charge >= 0.3 is 0 Å². The van der Waals surface area contributed by atoms with Gasteiger partial charge in [0.25, 0.3) is 8.32 Å². The molecule has 3 nitrogen and oxygen atoms in total. The van der Waals surface area contributed by atoms with Crippen molar-refractivity contribution in [1.82, 2.24) is 0 Å². The Labute approximate surface area is 199 Å². The van der Waals surface area contributed by atoms with Crippen LogP contribution in [0.25, 0.3) is 0 Å². The molecule has 33 heavy (non-hydrogen) atoms. The highest BCUT2D eigenvalue weighted by Gasteiger charge is 2.51. The highest BCUT2D eigenvalue weighted by Crippen LogP contribution is 2.38. The molecule has 0 aliphatic carbocycles. The summed E-state index contributed by atoms with van der Waals surface area (Å²) in [5, 5.41) is 2.62. The standard InChI is InChI=1S/C29H36O3Si/c1-23-15-17-24(18-16-23)31-22-26-21-25(19-20-30-26)32-33(29(2,3)4,27-11-7-5-8-12-27)28-13-9-6-10-14-28/h5-18,25-26H,19-22H2,1-4H3/t25-,26+/m1/s1. The van der Waals surface area contributed by atoms with Crippen LogP contribution < -0.4 is 15.1 Å². The van der Waals surface area contributed by atoms with Gasteiger partial charge in [-0.05, 0) is 40.9 Å². The van der Waals surface area contributed by atoms with Gasteiger partial charge in [-0.2, -0.15) is 0 Å². The van der Waals surface area contributed by atoms with E-state index >= 15 is 0 Å². The summed E-state index contributed by atoms with van der Waals surface area (Å²) in [6, 6.07) is 29.9. The normalized spacial score (nSPS) is 19.3. The van der Waals surface area contributed by atoms with Crippen LogP contribution in [-0.4, -0.2) is 33.7 Å². The van der Waals surface area contributed by atoms with E-state index in [0.717, 1.165) is 18.6 Å². The molecule has 3 aromatic rings. The predicted octanol–water partition coefficient (Wildman–Crippen LogP) is 5.50. The van der Waals surface area contributed by atoms with Gasteiger partial charge in [0.05, 0.1) is 12.2 Å². The van der Waals surface area contributed by atoms with Crippen molar-refractivity contribution in [2.24, 2.45) is 0 Å². The third-order valence-corrected chi connectivity index (χ3v) is 11.6. The monoisotopic (exact) mass is 460 g/mol. The average molecular weight is 461 g/mol. The predicted molar refractivity (Wildman–Crippen MR) is 138 cm³/mol. The van der Waals surface area contributed by atoms with Crippen molar-refractivity contribution in [2.45, 2.75) is 57.8 Å². The number of ether oxygens (including phenoxy) is 2. The van der Waals surface area contributed by atoms with Gasteiger partial charge in [0.1, 0.15) is 12.4 Å². The van der Waals surface area contributed by atoms with Gasteiger partial charge in [-0.15, -0.1) is 0 Å². The summed E-state index contributed by atoms with van der Waals surface area (Å²) in [7, 11) is -2.56. The number of hydrogen-bond acceptors (Lipinski definition) is 3. The van der Waals surface area contributed by atoms with Crippen molar-refractivity contribution in [3.63, 3.8) is 0 Å². The average Bonchev–Trinajstić information content (AvgIpc) is 2.83. The minimum absolute atomic E-state index is 0.0259. The maximum absolute atomic E-state index is 7.32. The van der Waals surface area contributed by atoms with Crippen molar-refractivity contribution < 1.29 is 13.9 Å². The van der Waals surface area contributed by atoms with Crippen LogP contribution in [0.2, 0.25) is 5.04 Å². The number of rotatable bonds is 7. The van der Waals surface area contributed by atoms with E-state index in [1.807, 2.05) is 12.1 Å². The summed E-state index contributed by atoms with van der Waals surface area (Å²) in [5.74, 6) is 0.888. The lowest BCUT2D eigenvalue weighted by atomic mass is 10.1. The zero-order valence-corrected chi connectivity index (χ0v) is 21.3. The zero-order valence-electron chi connectivity index (χ0n) is 20.3. The summed E-state index contributed by atoms with van der Waals surface area (Å²) < 4.78 is 19.4. The third kappa shape index (κ3) is 5.40. The summed E-state index contributed by atoms with van der Waals surface area (Å²) in [6.07, 6.45) is 1.92. The molecule has 0 amide bonds. The van der Waals surface area contributed by atoms with E-state index in [1.165, 1.54) is 15.9 Å². The molecule has 2 atom stereocenters. The molecule has 1 aliphatic rings. The molecule has 1 heterocycles. The Kier molecular flexibility index (Phi) is 7.37. The van der Waals surface area contributed by atoms with Gasteiger partial charge in [0.2, 0.25) is 0 Å². The molecule has 0 bridgehead atoms. The Hall–Kier alpha value is -2.40. The third-order valence-electron chi connectivity index (χ3n) is 6.54. The van der Waals surface area contributed by atoms with Crippen LogP contribution in [0.1, 0.15) is 39.2 Å². The first-order chi connectivity index (χ1) is 15.9. The molecule has 0 radical (unpaired) electrons. The van der Waals surface area contributed by atoms with E-state index in [0.29, 0.717) is 13.2 Å². The Bertz CT molecular complexity index is 957. The highest BCUT2D eigenvalue weighted by atomic mass is 28.4. The molecule has 0 saturated carbocycles. The van der Waals surface area contributed by atoms with Gasteiger partial charge in [-0.3, -0.25) is 0 Å². The minimum atomic E-state index is -2.56. The fraction of sp³-hybridized carbons (Fsp3) is 0.379. The second kappa shape index (κ2) is 10.2. The number of benzene rings is 3. The number of hydrogen-bond donors (Lipinski definition) is 0. The maximum atomic E-state index is 7.32. The van der Waals surface area contributed by atoms with Crippen LogP contribution in [0, 0.1) is 6.92 Å². The van der Waals surface area contributed by atoms with Crippen LogP contribution in [-0.2, 0) is 9.16 Å². The molecule has 1 aliphatic heterocycles. The van der Waals surface area contributed by atoms with Crippen LogP contribution in [0.5, 0.6) is 5.75 Å². The highest BCUT2D eigenvalue weighted by molar-refractivity contribution is 6.99. The van der Waals surface area contributed by atoms with Crippen molar-refractivity contribution >= 4 is 18.7 Å². The molecular weight excluding hydrogens is 424 g/mol. The fourth-order valence-corrected chi connectivity index (χ4v) is 9.56.